The number of rotatable bonds is 2. The molecular formula is C9H12N3O5-. The van der Waals surface area contributed by atoms with Gasteiger partial charge in [-0.3, -0.25) is 4.79 Å². The Kier molecular flexibility index (Phi) is 2.77. The smallest absolute Gasteiger partial charge is 0.268 e. The van der Waals surface area contributed by atoms with Crippen LogP contribution < -0.4 is 10.8 Å². The lowest BCUT2D eigenvalue weighted by molar-refractivity contribution is -0.284. The topological polar surface area (TPSA) is 134 Å². The predicted octanol–water partition coefficient (Wildman–Crippen LogP) is -2.31. The number of nitrogens with zero attached hydrogens (tertiary/aromatic N) is 2. The largest absolute Gasteiger partial charge is 0.858 e. The number of aliphatic hydroxyl groups excluding tert-OH is 2. The molecule has 0 aromatic carbocycles. The Morgan fingerprint density at radius 2 is 2.24 bits per heavy atom. The molecule has 4 atom stereocenters. The quantitative estimate of drug-likeness (QED) is 0.533. The minimum Gasteiger partial charge on any atom is -0.858 e. The van der Waals surface area contributed by atoms with Crippen LogP contribution in [0.15, 0.2) is 6.33 Å². The molecule has 2 rings (SSSR count). The van der Waals surface area contributed by atoms with Crippen LogP contribution >= 0.6 is 0 Å². The Morgan fingerprint density at radius 3 is 2.65 bits per heavy atom. The SMILES string of the molecule is C[C@H]1O[C@@H](n2cnc(C(N)=O)c2[O-])[C@H](O)[C@@H]1O. The fourth-order valence-electron chi connectivity index (χ4n) is 1.76. The van der Waals surface area contributed by atoms with Crippen molar-refractivity contribution in [3.63, 3.8) is 0 Å². The summed E-state index contributed by atoms with van der Waals surface area (Å²) >= 11 is 0. The normalized spacial score (nSPS) is 32.9. The highest BCUT2D eigenvalue weighted by Crippen LogP contribution is 2.31. The number of primary amides is 1. The average Bonchev–Trinajstić information content (AvgIpc) is 2.75. The molecule has 0 spiro atoms. The molecule has 1 saturated heterocycles. The van der Waals surface area contributed by atoms with E-state index >= 15 is 0 Å². The van der Waals surface area contributed by atoms with E-state index in [-0.39, 0.29) is 0 Å². The van der Waals surface area contributed by atoms with Gasteiger partial charge in [0.2, 0.25) is 0 Å². The number of hydrogen-bond donors (Lipinski definition) is 3. The number of hydrogen-bond acceptors (Lipinski definition) is 6. The van der Waals surface area contributed by atoms with E-state index in [4.69, 9.17) is 10.5 Å². The Bertz CT molecular complexity index is 446. The molecule has 1 amide bonds. The summed E-state index contributed by atoms with van der Waals surface area (Å²) in [4.78, 5) is 14.4. The van der Waals surface area contributed by atoms with Crippen LogP contribution in [0.2, 0.25) is 0 Å². The summed E-state index contributed by atoms with van der Waals surface area (Å²) in [5.74, 6) is -1.70. The summed E-state index contributed by atoms with van der Waals surface area (Å²) < 4.78 is 6.16. The van der Waals surface area contributed by atoms with Crippen LogP contribution in [0.3, 0.4) is 0 Å². The summed E-state index contributed by atoms with van der Waals surface area (Å²) in [5.41, 5.74) is 4.53. The molecule has 4 N–H and O–H groups in total. The van der Waals surface area contributed by atoms with Gasteiger partial charge >= 0.3 is 0 Å². The van der Waals surface area contributed by atoms with E-state index in [2.05, 4.69) is 4.98 Å². The monoisotopic (exact) mass is 242 g/mol. The fourth-order valence-corrected chi connectivity index (χ4v) is 1.76. The molecule has 1 aliphatic heterocycles. The second-order valence-corrected chi connectivity index (χ2v) is 3.88. The number of aliphatic hydroxyl groups is 2. The molecule has 2 heterocycles. The second-order valence-electron chi connectivity index (χ2n) is 3.88. The van der Waals surface area contributed by atoms with E-state index in [0.717, 1.165) is 10.9 Å². The minimum absolute atomic E-state index is 0.421. The number of imidazole rings is 1. The summed E-state index contributed by atoms with van der Waals surface area (Å²) in [7, 11) is 0. The van der Waals surface area contributed by atoms with Crippen LogP contribution in [-0.2, 0) is 4.74 Å². The molecule has 17 heavy (non-hydrogen) atoms. The highest BCUT2D eigenvalue weighted by atomic mass is 16.6. The molecule has 8 nitrogen and oxygen atoms in total. The first-order chi connectivity index (χ1) is 7.93. The van der Waals surface area contributed by atoms with Gasteiger partial charge in [0.15, 0.2) is 6.23 Å². The minimum atomic E-state index is -1.26. The van der Waals surface area contributed by atoms with Crippen molar-refractivity contribution in [3.05, 3.63) is 12.0 Å². The van der Waals surface area contributed by atoms with Crippen molar-refractivity contribution in [3.8, 4) is 5.88 Å². The van der Waals surface area contributed by atoms with E-state index in [1.165, 1.54) is 0 Å². The summed E-state index contributed by atoms with van der Waals surface area (Å²) in [6, 6.07) is 0. The molecule has 1 aliphatic rings. The maximum Gasteiger partial charge on any atom is 0.268 e. The van der Waals surface area contributed by atoms with Crippen LogP contribution in [0.5, 0.6) is 5.88 Å². The fraction of sp³-hybridized carbons (Fsp3) is 0.556. The standard InChI is InChI=1S/C9H13N3O5/c1-3-5(13)6(14)9(17-3)12-2-11-4(7(10)15)8(12)16/h2-3,5-6,9,13-14,16H,1H3,(H2,10,15)/p-1/t3-,5-,6-,9-/m1/s1. The average molecular weight is 242 g/mol. The first-order valence-electron chi connectivity index (χ1n) is 4.98. The van der Waals surface area contributed by atoms with Gasteiger partial charge in [-0.15, -0.1) is 0 Å². The molecule has 1 fully saturated rings. The Hall–Kier alpha value is -1.64. The molecule has 8 heteroatoms. The molecular weight excluding hydrogens is 230 g/mol. The zero-order valence-electron chi connectivity index (χ0n) is 8.98. The second kappa shape index (κ2) is 3.99. The van der Waals surface area contributed by atoms with Gasteiger partial charge in [-0.1, -0.05) is 0 Å². The van der Waals surface area contributed by atoms with E-state index in [9.17, 15) is 20.1 Å². The van der Waals surface area contributed by atoms with Crippen molar-refractivity contribution in [2.45, 2.75) is 31.5 Å². The van der Waals surface area contributed by atoms with Crippen molar-refractivity contribution in [2.75, 3.05) is 0 Å². The van der Waals surface area contributed by atoms with Crippen molar-refractivity contribution in [2.24, 2.45) is 5.73 Å². The molecule has 94 valence electrons. The highest BCUT2D eigenvalue weighted by molar-refractivity contribution is 5.92. The lowest BCUT2D eigenvalue weighted by atomic mass is 10.1. The third-order valence-electron chi connectivity index (χ3n) is 2.73. The van der Waals surface area contributed by atoms with Crippen molar-refractivity contribution >= 4 is 5.91 Å². The summed E-state index contributed by atoms with van der Waals surface area (Å²) in [5, 5.41) is 30.9. The van der Waals surface area contributed by atoms with Gasteiger partial charge in [-0.05, 0) is 12.8 Å². The number of carbonyl (C=O) groups excluding carboxylic acids is 1. The van der Waals surface area contributed by atoms with E-state index in [1.807, 2.05) is 0 Å². The Balaban J connectivity index is 2.33. The third-order valence-corrected chi connectivity index (χ3v) is 2.73. The lowest BCUT2D eigenvalue weighted by Crippen LogP contribution is -2.30. The molecule has 1 aromatic heterocycles. The van der Waals surface area contributed by atoms with E-state index in [0.29, 0.717) is 0 Å². The van der Waals surface area contributed by atoms with Crippen LogP contribution in [0, 0.1) is 0 Å². The predicted molar refractivity (Wildman–Crippen MR) is 51.8 cm³/mol. The number of carbonyl (C=O) groups is 1. The number of amides is 1. The Labute approximate surface area is 96.3 Å². The van der Waals surface area contributed by atoms with Gasteiger partial charge in [-0.25, -0.2) is 4.98 Å². The van der Waals surface area contributed by atoms with Crippen molar-refractivity contribution in [1.29, 1.82) is 0 Å². The lowest BCUT2D eigenvalue weighted by Gasteiger charge is -2.21. The summed E-state index contributed by atoms with van der Waals surface area (Å²) in [6.07, 6.45) is -2.98. The highest BCUT2D eigenvalue weighted by Gasteiger charge is 2.41. The van der Waals surface area contributed by atoms with Gasteiger partial charge < -0.3 is 30.4 Å². The van der Waals surface area contributed by atoms with Gasteiger partial charge in [0.1, 0.15) is 17.9 Å². The van der Waals surface area contributed by atoms with Gasteiger partial charge in [0, 0.05) is 0 Å². The van der Waals surface area contributed by atoms with Gasteiger partial charge in [0.05, 0.1) is 12.4 Å². The number of aromatic nitrogens is 2. The van der Waals surface area contributed by atoms with Crippen LogP contribution in [0.4, 0.5) is 0 Å². The van der Waals surface area contributed by atoms with Crippen LogP contribution in [0.25, 0.3) is 0 Å². The zero-order chi connectivity index (χ0) is 12.7. The van der Waals surface area contributed by atoms with E-state index in [1.54, 1.807) is 6.92 Å². The molecule has 0 radical (unpaired) electrons. The molecule has 1 aromatic rings. The molecule has 0 bridgehead atoms. The van der Waals surface area contributed by atoms with Gasteiger partial charge in [-0.2, -0.15) is 0 Å². The Morgan fingerprint density at radius 1 is 1.59 bits per heavy atom. The third kappa shape index (κ3) is 1.75. The number of nitrogens with two attached hydrogens (primary N) is 1. The van der Waals surface area contributed by atoms with E-state index < -0.39 is 42.0 Å². The maximum absolute atomic E-state index is 11.7. The molecule has 0 aliphatic carbocycles. The van der Waals surface area contributed by atoms with Crippen molar-refractivity contribution < 1.29 is 24.9 Å². The molecule has 0 unspecified atom stereocenters. The summed E-state index contributed by atoms with van der Waals surface area (Å²) in [6.45, 7) is 1.56. The maximum atomic E-state index is 11.7. The molecule has 0 saturated carbocycles. The number of ether oxygens (including phenoxy) is 1. The first-order valence-corrected chi connectivity index (χ1v) is 4.98. The van der Waals surface area contributed by atoms with Crippen LogP contribution in [0.1, 0.15) is 23.6 Å². The van der Waals surface area contributed by atoms with Crippen molar-refractivity contribution in [1.82, 2.24) is 9.55 Å². The van der Waals surface area contributed by atoms with Crippen LogP contribution in [-0.4, -0.2) is 44.0 Å². The first kappa shape index (κ1) is 11.8. The zero-order valence-corrected chi connectivity index (χ0v) is 8.98. The van der Waals surface area contributed by atoms with Gasteiger partial charge in [0.25, 0.3) is 5.91 Å².